The normalized spacial score (nSPS) is 17.6. The van der Waals surface area contributed by atoms with Gasteiger partial charge in [-0.15, -0.1) is 0 Å². The van der Waals surface area contributed by atoms with Crippen LogP contribution in [0.1, 0.15) is 54.7 Å². The number of hydrogen-bond acceptors (Lipinski definition) is 5. The monoisotopic (exact) mass is 536 g/mol. The summed E-state index contributed by atoms with van der Waals surface area (Å²) in [7, 11) is 3.92. The second-order valence-electron chi connectivity index (χ2n) is 12.0. The number of likely N-dealkylation sites (tertiary alicyclic amines) is 1. The van der Waals surface area contributed by atoms with E-state index in [1.165, 1.54) is 24.5 Å². The summed E-state index contributed by atoms with van der Waals surface area (Å²) in [6.07, 6.45) is 8.90. The van der Waals surface area contributed by atoms with Gasteiger partial charge in [0.2, 0.25) is 0 Å². The molecule has 1 saturated heterocycles. The molecule has 0 radical (unpaired) electrons. The molecule has 39 heavy (non-hydrogen) atoms. The molecule has 1 aliphatic heterocycles. The van der Waals surface area contributed by atoms with Gasteiger partial charge in [0.25, 0.3) is 0 Å². The summed E-state index contributed by atoms with van der Waals surface area (Å²) in [5, 5.41) is 11.0. The Labute approximate surface area is 230 Å². The molecule has 7 nitrogen and oxygen atoms in total. The van der Waals surface area contributed by atoms with Crippen LogP contribution < -0.4 is 0 Å². The SMILES string of the molecule is COCCN(C)CCC[C@H](C(C)C)N1CC2(CCc3c(c4ccncc4n3-c3ccc(F)cc3C(=O)O)C2)C1. The van der Waals surface area contributed by atoms with Crippen LogP contribution in [-0.4, -0.2) is 83.4 Å². The third-order valence-electron chi connectivity index (χ3n) is 8.89. The maximum Gasteiger partial charge on any atom is 0.337 e. The molecule has 1 spiro atoms. The molecule has 1 fully saturated rings. The molecule has 8 heteroatoms. The minimum Gasteiger partial charge on any atom is -0.478 e. The Hall–Kier alpha value is -2.81. The van der Waals surface area contributed by atoms with E-state index in [1.54, 1.807) is 19.4 Å². The number of carboxylic acid groups (broad SMARTS) is 1. The highest BCUT2D eigenvalue weighted by atomic mass is 19.1. The van der Waals surface area contributed by atoms with Crippen molar-refractivity contribution in [1.82, 2.24) is 19.4 Å². The molecule has 1 aromatic carbocycles. The van der Waals surface area contributed by atoms with Crippen LogP contribution in [0.4, 0.5) is 4.39 Å². The Balaban J connectivity index is 1.36. The second kappa shape index (κ2) is 11.4. The first kappa shape index (κ1) is 27.7. The van der Waals surface area contributed by atoms with Gasteiger partial charge in [-0.1, -0.05) is 13.8 Å². The molecular formula is C31H41FN4O3. The van der Waals surface area contributed by atoms with Gasteiger partial charge in [0.15, 0.2) is 0 Å². The summed E-state index contributed by atoms with van der Waals surface area (Å²) < 4.78 is 21.2. The molecule has 0 bridgehead atoms. The Morgan fingerprint density at radius 1 is 1.26 bits per heavy atom. The van der Waals surface area contributed by atoms with Crippen LogP contribution in [0.3, 0.4) is 0 Å². The summed E-state index contributed by atoms with van der Waals surface area (Å²) in [6, 6.07) is 6.66. The number of fused-ring (bicyclic) bond motifs is 3. The smallest absolute Gasteiger partial charge is 0.337 e. The van der Waals surface area contributed by atoms with Crippen molar-refractivity contribution in [3.8, 4) is 5.69 Å². The molecule has 3 heterocycles. The minimum absolute atomic E-state index is 0.0266. The predicted octanol–water partition coefficient (Wildman–Crippen LogP) is 5.04. The van der Waals surface area contributed by atoms with Gasteiger partial charge in [-0.2, -0.15) is 0 Å². The number of rotatable bonds is 11. The zero-order valence-corrected chi connectivity index (χ0v) is 23.6. The molecule has 1 N–H and O–H groups in total. The number of likely N-dealkylation sites (N-methyl/N-ethyl adjacent to an activating group) is 1. The summed E-state index contributed by atoms with van der Waals surface area (Å²) in [6.45, 7) is 9.70. The third kappa shape index (κ3) is 5.47. The fourth-order valence-electron chi connectivity index (χ4n) is 6.90. The summed E-state index contributed by atoms with van der Waals surface area (Å²) in [5.74, 6) is -1.07. The van der Waals surface area contributed by atoms with Crippen molar-refractivity contribution in [1.29, 1.82) is 0 Å². The van der Waals surface area contributed by atoms with Gasteiger partial charge in [-0.3, -0.25) is 9.88 Å². The fourth-order valence-corrected chi connectivity index (χ4v) is 6.90. The van der Waals surface area contributed by atoms with Crippen LogP contribution in [0.2, 0.25) is 0 Å². The van der Waals surface area contributed by atoms with Crippen molar-refractivity contribution in [3.05, 3.63) is 59.3 Å². The van der Waals surface area contributed by atoms with E-state index in [0.717, 1.165) is 74.7 Å². The first-order valence-electron chi connectivity index (χ1n) is 14.1. The highest BCUT2D eigenvalue weighted by Crippen LogP contribution is 2.48. The molecule has 0 amide bonds. The standard InChI is InChI=1S/C31H41FN4O3/c1-21(2)26(6-5-13-34(3)14-15-39-4)35-19-31(20-35)11-9-28-25(17-31)23-10-12-33-18-29(23)36(28)27-8-7-22(32)16-24(27)30(37)38/h7-8,10,12,16,18,21,26H,5-6,9,11,13-15,17,19-20H2,1-4H3,(H,37,38)/t26-/m1/s1. The Morgan fingerprint density at radius 2 is 2.05 bits per heavy atom. The van der Waals surface area contributed by atoms with Crippen LogP contribution >= 0.6 is 0 Å². The fraction of sp³-hybridized carbons (Fsp3) is 0.548. The number of nitrogens with zero attached hydrogens (tertiary/aromatic N) is 4. The molecule has 5 rings (SSSR count). The summed E-state index contributed by atoms with van der Waals surface area (Å²) >= 11 is 0. The van der Waals surface area contributed by atoms with E-state index in [2.05, 4.69) is 35.7 Å². The van der Waals surface area contributed by atoms with E-state index in [0.29, 0.717) is 17.6 Å². The number of benzene rings is 1. The number of carboxylic acids is 1. The lowest BCUT2D eigenvalue weighted by Gasteiger charge is -2.56. The van der Waals surface area contributed by atoms with Gasteiger partial charge in [0.1, 0.15) is 5.82 Å². The average Bonchev–Trinajstić information content (AvgIpc) is 3.21. The number of carbonyl (C=O) groups is 1. The van der Waals surface area contributed by atoms with Crippen LogP contribution in [0.25, 0.3) is 16.6 Å². The van der Waals surface area contributed by atoms with Gasteiger partial charge in [0.05, 0.1) is 29.6 Å². The molecule has 210 valence electrons. The van der Waals surface area contributed by atoms with Crippen molar-refractivity contribution < 1.29 is 19.0 Å². The molecule has 0 unspecified atom stereocenters. The van der Waals surface area contributed by atoms with E-state index < -0.39 is 11.8 Å². The largest absolute Gasteiger partial charge is 0.478 e. The quantitative estimate of drug-likeness (QED) is 0.370. The molecule has 1 atom stereocenters. The van der Waals surface area contributed by atoms with Gasteiger partial charge >= 0.3 is 5.97 Å². The Kier molecular flexibility index (Phi) is 8.08. The lowest BCUT2D eigenvalue weighted by atomic mass is 9.66. The van der Waals surface area contributed by atoms with Crippen molar-refractivity contribution in [2.75, 3.05) is 46.9 Å². The number of aromatic nitrogens is 2. The van der Waals surface area contributed by atoms with Crippen LogP contribution in [0.5, 0.6) is 0 Å². The van der Waals surface area contributed by atoms with Crippen molar-refractivity contribution >= 4 is 16.9 Å². The van der Waals surface area contributed by atoms with Gasteiger partial charge in [0, 0.05) is 55.5 Å². The molecule has 3 aromatic rings. The number of pyridine rings is 1. The Morgan fingerprint density at radius 3 is 2.77 bits per heavy atom. The van der Waals surface area contributed by atoms with E-state index in [-0.39, 0.29) is 11.0 Å². The maximum absolute atomic E-state index is 14.0. The van der Waals surface area contributed by atoms with Crippen molar-refractivity contribution in [3.63, 3.8) is 0 Å². The maximum atomic E-state index is 14.0. The molecular weight excluding hydrogens is 495 g/mol. The zero-order valence-electron chi connectivity index (χ0n) is 23.6. The van der Waals surface area contributed by atoms with Crippen molar-refractivity contribution in [2.24, 2.45) is 11.3 Å². The number of aromatic carboxylic acids is 1. The highest BCUT2D eigenvalue weighted by Gasteiger charge is 2.48. The number of hydrogen-bond donors (Lipinski definition) is 1. The number of ether oxygens (including phenoxy) is 1. The minimum atomic E-state index is -1.13. The predicted molar refractivity (Wildman–Crippen MR) is 151 cm³/mol. The second-order valence-corrected chi connectivity index (χ2v) is 12.0. The molecule has 2 aliphatic rings. The van der Waals surface area contributed by atoms with Gasteiger partial charge in [-0.25, -0.2) is 9.18 Å². The summed E-state index contributed by atoms with van der Waals surface area (Å²) in [5.41, 5.74) is 4.04. The summed E-state index contributed by atoms with van der Waals surface area (Å²) in [4.78, 5) is 21.4. The van der Waals surface area contributed by atoms with Crippen LogP contribution in [-0.2, 0) is 17.6 Å². The molecule has 2 aromatic heterocycles. The van der Waals surface area contributed by atoms with Crippen LogP contribution in [0, 0.1) is 17.2 Å². The van der Waals surface area contributed by atoms with E-state index in [1.807, 2.05) is 16.8 Å². The lowest BCUT2D eigenvalue weighted by molar-refractivity contribution is -0.0557. The topological polar surface area (TPSA) is 70.8 Å². The highest BCUT2D eigenvalue weighted by molar-refractivity contribution is 5.94. The molecule has 0 saturated carbocycles. The lowest BCUT2D eigenvalue weighted by Crippen LogP contribution is -2.62. The zero-order chi connectivity index (χ0) is 27.7. The van der Waals surface area contributed by atoms with Gasteiger partial charge < -0.3 is 19.3 Å². The van der Waals surface area contributed by atoms with Gasteiger partial charge in [-0.05, 0) is 81.4 Å². The first-order chi connectivity index (χ1) is 18.7. The number of methoxy groups -OCH3 is 1. The average molecular weight is 537 g/mol. The van der Waals surface area contributed by atoms with E-state index >= 15 is 0 Å². The van der Waals surface area contributed by atoms with E-state index in [4.69, 9.17) is 4.74 Å². The van der Waals surface area contributed by atoms with Crippen LogP contribution in [0.15, 0.2) is 36.7 Å². The third-order valence-corrected chi connectivity index (χ3v) is 8.89. The molecule has 1 aliphatic carbocycles. The van der Waals surface area contributed by atoms with E-state index in [9.17, 15) is 14.3 Å². The first-order valence-corrected chi connectivity index (χ1v) is 14.1. The Bertz CT molecular complexity index is 1330. The van der Waals surface area contributed by atoms with Crippen molar-refractivity contribution in [2.45, 2.75) is 52.0 Å². The number of halogens is 1.